The van der Waals surface area contributed by atoms with Gasteiger partial charge in [-0.25, -0.2) is 0 Å². The van der Waals surface area contributed by atoms with Crippen LogP contribution in [0.5, 0.6) is 5.75 Å². The number of ether oxygens (including phenoxy) is 2. The minimum Gasteiger partial charge on any atom is -0.491 e. The van der Waals surface area contributed by atoms with Crippen LogP contribution in [0.3, 0.4) is 0 Å². The molecule has 0 spiro atoms. The Morgan fingerprint density at radius 3 is 2.67 bits per heavy atom. The quantitative estimate of drug-likeness (QED) is 0.568. The molecule has 0 amide bonds. The van der Waals surface area contributed by atoms with Crippen molar-refractivity contribution < 1.29 is 14.0 Å². The number of aryl methyl sites for hydroxylation is 1. The molecule has 9 heteroatoms. The molecule has 0 radical (unpaired) electrons. The number of likely N-dealkylation sites (N-methyl/N-ethyl adjacent to an activating group) is 1. The van der Waals surface area contributed by atoms with Gasteiger partial charge in [0.2, 0.25) is 0 Å². The third-order valence-electron chi connectivity index (χ3n) is 4.06. The van der Waals surface area contributed by atoms with Crippen LogP contribution in [0.2, 0.25) is 0 Å². The number of benzene rings is 1. The molecule has 2 heterocycles. The van der Waals surface area contributed by atoms with Crippen LogP contribution in [0, 0.1) is 6.92 Å². The maximum Gasteiger partial charge on any atom is 0.280 e. The largest absolute Gasteiger partial charge is 0.491 e. The van der Waals surface area contributed by atoms with Gasteiger partial charge in [0.1, 0.15) is 12.4 Å². The number of rotatable bonds is 9. The van der Waals surface area contributed by atoms with Gasteiger partial charge < -0.3 is 19.3 Å². The molecule has 3 aromatic rings. The Balaban J connectivity index is 1.74. The zero-order chi connectivity index (χ0) is 19.2. The first-order valence-electron chi connectivity index (χ1n) is 8.77. The van der Waals surface area contributed by atoms with Crippen molar-refractivity contribution in [3.05, 3.63) is 35.8 Å². The lowest BCUT2D eigenvalue weighted by Crippen LogP contribution is -2.24. The first-order valence-corrected chi connectivity index (χ1v) is 8.77. The van der Waals surface area contributed by atoms with Crippen molar-refractivity contribution in [1.82, 2.24) is 30.5 Å². The average Bonchev–Trinajstić information content (AvgIpc) is 3.29. The number of nitrogens with one attached hydrogen (secondary N) is 1. The molecule has 3 rings (SSSR count). The van der Waals surface area contributed by atoms with Crippen molar-refractivity contribution in [2.75, 3.05) is 27.4 Å². The van der Waals surface area contributed by atoms with Gasteiger partial charge in [-0.15, -0.1) is 5.10 Å². The first kappa shape index (κ1) is 19.0. The summed E-state index contributed by atoms with van der Waals surface area (Å²) in [6, 6.07) is 7.77. The summed E-state index contributed by atoms with van der Waals surface area (Å²) in [4.78, 5) is 5.97. The molecule has 0 bridgehead atoms. The maximum absolute atomic E-state index is 5.57. The summed E-state index contributed by atoms with van der Waals surface area (Å²) in [6.45, 7) is 4.97. The lowest BCUT2D eigenvalue weighted by atomic mass is 10.2. The van der Waals surface area contributed by atoms with Crippen LogP contribution < -0.4 is 10.1 Å². The Bertz CT molecular complexity index is 858. The minimum atomic E-state index is 0.261. The molecule has 0 saturated heterocycles. The van der Waals surface area contributed by atoms with Gasteiger partial charge in [0.05, 0.1) is 18.0 Å². The molecule has 1 atom stereocenters. The molecule has 144 valence electrons. The van der Waals surface area contributed by atoms with Gasteiger partial charge in [-0.3, -0.25) is 0 Å². The predicted octanol–water partition coefficient (Wildman–Crippen LogP) is 1.80. The fraction of sp³-hybridized carbons (Fsp3) is 0.444. The summed E-state index contributed by atoms with van der Waals surface area (Å²) >= 11 is 0. The van der Waals surface area contributed by atoms with Crippen molar-refractivity contribution in [2.45, 2.75) is 26.3 Å². The van der Waals surface area contributed by atoms with E-state index in [4.69, 9.17) is 14.0 Å². The predicted molar refractivity (Wildman–Crippen MR) is 99.0 cm³/mol. The molecule has 9 nitrogen and oxygen atoms in total. The van der Waals surface area contributed by atoms with Crippen LogP contribution in [0.15, 0.2) is 28.8 Å². The van der Waals surface area contributed by atoms with Crippen LogP contribution in [0.1, 0.15) is 18.4 Å². The summed E-state index contributed by atoms with van der Waals surface area (Å²) in [5.74, 6) is 1.77. The Morgan fingerprint density at radius 2 is 1.96 bits per heavy atom. The Hall–Kier alpha value is -2.78. The van der Waals surface area contributed by atoms with Gasteiger partial charge >= 0.3 is 0 Å². The van der Waals surface area contributed by atoms with Gasteiger partial charge in [-0.05, 0) is 45.2 Å². The summed E-state index contributed by atoms with van der Waals surface area (Å²) in [5, 5.41) is 16.1. The Labute approximate surface area is 157 Å². The Morgan fingerprint density at radius 1 is 1.19 bits per heavy atom. The van der Waals surface area contributed by atoms with E-state index >= 15 is 0 Å². The van der Waals surface area contributed by atoms with Gasteiger partial charge in [0.15, 0.2) is 11.5 Å². The number of nitrogens with zero attached hydrogens (tertiary/aromatic N) is 5. The highest BCUT2D eigenvalue weighted by molar-refractivity contribution is 5.50. The molecular formula is C18H24N6O3. The highest BCUT2D eigenvalue weighted by atomic mass is 16.5. The molecule has 0 fully saturated rings. The summed E-state index contributed by atoms with van der Waals surface area (Å²) in [5.41, 5.74) is 2.10. The second-order valence-corrected chi connectivity index (χ2v) is 6.17. The monoisotopic (exact) mass is 372 g/mol. The number of methoxy groups -OCH3 is 1. The van der Waals surface area contributed by atoms with E-state index in [1.807, 2.05) is 38.2 Å². The summed E-state index contributed by atoms with van der Waals surface area (Å²) in [6.07, 6.45) is 0.678. The zero-order valence-corrected chi connectivity index (χ0v) is 16.0. The third kappa shape index (κ3) is 4.69. The molecule has 0 aliphatic heterocycles. The molecule has 0 saturated carbocycles. The van der Waals surface area contributed by atoms with Crippen LogP contribution in [-0.2, 0) is 11.2 Å². The number of hydrogen-bond donors (Lipinski definition) is 1. The third-order valence-corrected chi connectivity index (χ3v) is 4.06. The number of hydrogen-bond acceptors (Lipinski definition) is 8. The lowest BCUT2D eigenvalue weighted by Gasteiger charge is -2.06. The van der Waals surface area contributed by atoms with Crippen molar-refractivity contribution in [3.63, 3.8) is 0 Å². The average molecular weight is 372 g/mol. The molecule has 1 aromatic carbocycles. The second-order valence-electron chi connectivity index (χ2n) is 6.17. The van der Waals surface area contributed by atoms with E-state index in [-0.39, 0.29) is 6.04 Å². The van der Waals surface area contributed by atoms with E-state index in [0.29, 0.717) is 42.7 Å². The molecule has 1 N–H and O–H groups in total. The maximum atomic E-state index is 5.57. The van der Waals surface area contributed by atoms with E-state index in [1.54, 1.807) is 11.9 Å². The second kappa shape index (κ2) is 8.74. The highest BCUT2D eigenvalue weighted by Gasteiger charge is 2.18. The summed E-state index contributed by atoms with van der Waals surface area (Å²) < 4.78 is 15.9. The van der Waals surface area contributed by atoms with Crippen LogP contribution >= 0.6 is 0 Å². The van der Waals surface area contributed by atoms with E-state index in [2.05, 4.69) is 32.6 Å². The van der Waals surface area contributed by atoms with Gasteiger partial charge in [-0.1, -0.05) is 5.16 Å². The van der Waals surface area contributed by atoms with E-state index in [9.17, 15) is 0 Å². The zero-order valence-electron chi connectivity index (χ0n) is 16.0. The lowest BCUT2D eigenvalue weighted by molar-refractivity contribution is 0.146. The molecule has 27 heavy (non-hydrogen) atoms. The van der Waals surface area contributed by atoms with Crippen LogP contribution in [-0.4, -0.2) is 58.5 Å². The minimum absolute atomic E-state index is 0.261. The van der Waals surface area contributed by atoms with Gasteiger partial charge in [-0.2, -0.15) is 14.9 Å². The molecular weight excluding hydrogens is 348 g/mol. The number of aromatic nitrogens is 5. The normalized spacial score (nSPS) is 12.3. The van der Waals surface area contributed by atoms with Crippen molar-refractivity contribution >= 4 is 0 Å². The first-order chi connectivity index (χ1) is 13.1. The highest BCUT2D eigenvalue weighted by Crippen LogP contribution is 2.20. The fourth-order valence-electron chi connectivity index (χ4n) is 2.42. The molecule has 0 aliphatic carbocycles. The van der Waals surface area contributed by atoms with Crippen LogP contribution in [0.25, 0.3) is 17.3 Å². The molecule has 2 aromatic heterocycles. The van der Waals surface area contributed by atoms with Crippen molar-refractivity contribution in [2.24, 2.45) is 0 Å². The molecule has 1 unspecified atom stereocenters. The van der Waals surface area contributed by atoms with Crippen molar-refractivity contribution in [1.29, 1.82) is 0 Å². The van der Waals surface area contributed by atoms with Gasteiger partial charge in [0, 0.05) is 19.6 Å². The smallest absolute Gasteiger partial charge is 0.280 e. The SMILES string of the molecule is CNC(C)Cc1noc(-c2nn(-c3ccc(OCCOC)cc3)nc2C)n1. The fourth-order valence-corrected chi connectivity index (χ4v) is 2.42. The standard InChI is InChI=1S/C18H24N6O3/c1-12(19-3)11-16-20-18(27-23-16)17-13(2)21-24(22-17)14-5-7-15(8-6-14)26-10-9-25-4/h5-8,12,19H,9-11H2,1-4H3. The topological polar surface area (TPSA) is 100 Å². The van der Waals surface area contributed by atoms with Gasteiger partial charge in [0.25, 0.3) is 5.89 Å². The van der Waals surface area contributed by atoms with E-state index < -0.39 is 0 Å². The molecule has 0 aliphatic rings. The van der Waals surface area contributed by atoms with E-state index in [1.165, 1.54) is 0 Å². The summed E-state index contributed by atoms with van der Waals surface area (Å²) in [7, 11) is 3.54. The van der Waals surface area contributed by atoms with E-state index in [0.717, 1.165) is 11.4 Å². The Kier molecular flexibility index (Phi) is 6.15. The van der Waals surface area contributed by atoms with Crippen molar-refractivity contribution in [3.8, 4) is 23.0 Å². The van der Waals surface area contributed by atoms with Crippen LogP contribution in [0.4, 0.5) is 0 Å².